The number of nitrogens with one attached hydrogen (secondary N) is 1. The van der Waals surface area contributed by atoms with Gasteiger partial charge in [0, 0.05) is 26.0 Å². The second kappa shape index (κ2) is 5.83. The van der Waals surface area contributed by atoms with E-state index >= 15 is 0 Å². The van der Waals surface area contributed by atoms with Gasteiger partial charge in [-0.15, -0.1) is 0 Å². The Bertz CT molecular complexity index is 563. The second-order valence-electron chi connectivity index (χ2n) is 4.55. The smallest absolute Gasteiger partial charge is 0.225 e. The van der Waals surface area contributed by atoms with Crippen LogP contribution in [0.1, 0.15) is 11.8 Å². The molecule has 3 heterocycles. The van der Waals surface area contributed by atoms with Gasteiger partial charge in [-0.1, -0.05) is 6.07 Å². The lowest BCUT2D eigenvalue weighted by atomic mass is 10.2. The molecule has 0 unspecified atom stereocenters. The highest BCUT2D eigenvalue weighted by Crippen LogP contribution is 2.23. The molecule has 1 atom stereocenters. The number of aromatic nitrogens is 3. The fourth-order valence-corrected chi connectivity index (χ4v) is 2.23. The Balaban J connectivity index is 1.78. The van der Waals surface area contributed by atoms with E-state index in [4.69, 9.17) is 4.74 Å². The first-order valence-corrected chi connectivity index (χ1v) is 6.65. The first kappa shape index (κ1) is 12.8. The molecule has 1 saturated heterocycles. The topological polar surface area (TPSA) is 63.2 Å². The lowest BCUT2D eigenvalue weighted by molar-refractivity contribution is 0.0365. The fraction of sp³-hybridized carbons (Fsp3) is 0.357. The van der Waals surface area contributed by atoms with Crippen LogP contribution < -0.4 is 10.2 Å². The van der Waals surface area contributed by atoms with Crippen LogP contribution in [0.3, 0.4) is 0 Å². The summed E-state index contributed by atoms with van der Waals surface area (Å²) in [5.41, 5.74) is 0.928. The van der Waals surface area contributed by atoms with E-state index in [1.807, 2.05) is 31.3 Å². The van der Waals surface area contributed by atoms with Crippen molar-refractivity contribution in [1.82, 2.24) is 15.0 Å². The minimum atomic E-state index is -0.0548. The highest BCUT2D eigenvalue weighted by molar-refractivity contribution is 5.36. The SMILES string of the molecule is CNc1cccc([C@@H]2CN(c3ncccn3)CCO2)n1. The van der Waals surface area contributed by atoms with Crippen LogP contribution in [0.25, 0.3) is 0 Å². The van der Waals surface area contributed by atoms with Crippen molar-refractivity contribution < 1.29 is 4.74 Å². The molecule has 1 aliphatic heterocycles. The van der Waals surface area contributed by atoms with Gasteiger partial charge < -0.3 is 15.0 Å². The Kier molecular flexibility index (Phi) is 3.73. The molecule has 0 amide bonds. The molecule has 0 spiro atoms. The molecule has 20 heavy (non-hydrogen) atoms. The zero-order chi connectivity index (χ0) is 13.8. The standard InChI is InChI=1S/C14H17N5O/c1-15-13-5-2-4-11(18-13)12-10-19(8-9-20-12)14-16-6-3-7-17-14/h2-7,12H,8-10H2,1H3,(H,15,18)/t12-/m0/s1. The highest BCUT2D eigenvalue weighted by Gasteiger charge is 2.24. The van der Waals surface area contributed by atoms with Gasteiger partial charge in [-0.3, -0.25) is 0 Å². The number of rotatable bonds is 3. The third-order valence-corrected chi connectivity index (χ3v) is 3.26. The average molecular weight is 271 g/mol. The van der Waals surface area contributed by atoms with E-state index in [9.17, 15) is 0 Å². The molecule has 0 aromatic carbocycles. The molecule has 2 aromatic rings. The summed E-state index contributed by atoms with van der Waals surface area (Å²) in [4.78, 5) is 15.2. The molecule has 1 aliphatic rings. The normalized spacial score (nSPS) is 18.9. The minimum absolute atomic E-state index is 0.0548. The molecule has 2 aromatic heterocycles. The molecule has 0 bridgehead atoms. The van der Waals surface area contributed by atoms with Gasteiger partial charge in [0.05, 0.1) is 18.8 Å². The highest BCUT2D eigenvalue weighted by atomic mass is 16.5. The van der Waals surface area contributed by atoms with Crippen LogP contribution in [-0.2, 0) is 4.74 Å². The van der Waals surface area contributed by atoms with E-state index in [0.29, 0.717) is 13.2 Å². The largest absolute Gasteiger partial charge is 0.373 e. The van der Waals surface area contributed by atoms with Gasteiger partial charge in [0.25, 0.3) is 0 Å². The number of hydrogen-bond donors (Lipinski definition) is 1. The predicted octanol–water partition coefficient (Wildman–Crippen LogP) is 1.49. The predicted molar refractivity (Wildman–Crippen MR) is 76.7 cm³/mol. The number of morpholine rings is 1. The molecular formula is C14H17N5O. The molecular weight excluding hydrogens is 254 g/mol. The van der Waals surface area contributed by atoms with Crippen molar-refractivity contribution in [2.75, 3.05) is 37.0 Å². The van der Waals surface area contributed by atoms with E-state index in [1.165, 1.54) is 0 Å². The van der Waals surface area contributed by atoms with Gasteiger partial charge in [0.15, 0.2) is 0 Å². The van der Waals surface area contributed by atoms with Crippen molar-refractivity contribution in [2.45, 2.75) is 6.10 Å². The molecule has 0 saturated carbocycles. The molecule has 3 rings (SSSR count). The summed E-state index contributed by atoms with van der Waals surface area (Å²) >= 11 is 0. The average Bonchev–Trinajstić information content (AvgIpc) is 2.56. The number of ether oxygens (including phenoxy) is 1. The maximum Gasteiger partial charge on any atom is 0.225 e. The van der Waals surface area contributed by atoms with Crippen LogP contribution >= 0.6 is 0 Å². The Morgan fingerprint density at radius 2 is 2.10 bits per heavy atom. The third-order valence-electron chi connectivity index (χ3n) is 3.26. The van der Waals surface area contributed by atoms with Crippen molar-refractivity contribution in [3.8, 4) is 0 Å². The summed E-state index contributed by atoms with van der Waals surface area (Å²) in [7, 11) is 1.86. The van der Waals surface area contributed by atoms with E-state index in [-0.39, 0.29) is 6.10 Å². The van der Waals surface area contributed by atoms with Gasteiger partial charge in [0.1, 0.15) is 11.9 Å². The number of hydrogen-bond acceptors (Lipinski definition) is 6. The lowest BCUT2D eigenvalue weighted by Crippen LogP contribution is -2.39. The summed E-state index contributed by atoms with van der Waals surface area (Å²) in [6.45, 7) is 2.16. The Hall–Kier alpha value is -2.21. The Labute approximate surface area is 117 Å². The zero-order valence-electron chi connectivity index (χ0n) is 11.4. The number of pyridine rings is 1. The van der Waals surface area contributed by atoms with E-state index < -0.39 is 0 Å². The Morgan fingerprint density at radius 3 is 2.90 bits per heavy atom. The monoisotopic (exact) mass is 271 g/mol. The van der Waals surface area contributed by atoms with Crippen LogP contribution in [-0.4, -0.2) is 41.7 Å². The lowest BCUT2D eigenvalue weighted by Gasteiger charge is -2.32. The first-order chi connectivity index (χ1) is 9.86. The first-order valence-electron chi connectivity index (χ1n) is 6.65. The van der Waals surface area contributed by atoms with Crippen LogP contribution in [0, 0.1) is 0 Å². The number of nitrogens with zero attached hydrogens (tertiary/aromatic N) is 4. The molecule has 6 heteroatoms. The zero-order valence-corrected chi connectivity index (χ0v) is 11.4. The molecule has 1 fully saturated rings. The second-order valence-corrected chi connectivity index (χ2v) is 4.55. The molecule has 0 aliphatic carbocycles. The summed E-state index contributed by atoms with van der Waals surface area (Å²) in [5.74, 6) is 1.59. The molecule has 0 radical (unpaired) electrons. The quantitative estimate of drug-likeness (QED) is 0.912. The Morgan fingerprint density at radius 1 is 1.25 bits per heavy atom. The maximum absolute atomic E-state index is 5.83. The van der Waals surface area contributed by atoms with Crippen LogP contribution in [0.15, 0.2) is 36.7 Å². The fourth-order valence-electron chi connectivity index (χ4n) is 2.23. The summed E-state index contributed by atoms with van der Waals surface area (Å²) in [6, 6.07) is 7.72. The summed E-state index contributed by atoms with van der Waals surface area (Å²) in [5, 5.41) is 3.04. The van der Waals surface area contributed by atoms with Crippen LogP contribution in [0.2, 0.25) is 0 Å². The van der Waals surface area contributed by atoms with Gasteiger partial charge >= 0.3 is 0 Å². The van der Waals surface area contributed by atoms with Crippen LogP contribution in [0.4, 0.5) is 11.8 Å². The van der Waals surface area contributed by atoms with Crippen molar-refractivity contribution in [3.63, 3.8) is 0 Å². The molecule has 6 nitrogen and oxygen atoms in total. The van der Waals surface area contributed by atoms with Crippen molar-refractivity contribution in [3.05, 3.63) is 42.4 Å². The van der Waals surface area contributed by atoms with Crippen molar-refractivity contribution in [2.24, 2.45) is 0 Å². The van der Waals surface area contributed by atoms with Crippen molar-refractivity contribution in [1.29, 1.82) is 0 Å². The molecule has 1 N–H and O–H groups in total. The molecule has 104 valence electrons. The van der Waals surface area contributed by atoms with E-state index in [0.717, 1.165) is 24.0 Å². The van der Waals surface area contributed by atoms with Crippen molar-refractivity contribution >= 4 is 11.8 Å². The van der Waals surface area contributed by atoms with Gasteiger partial charge in [-0.05, 0) is 18.2 Å². The summed E-state index contributed by atoms with van der Waals surface area (Å²) in [6.07, 6.45) is 3.46. The maximum atomic E-state index is 5.83. The van der Waals surface area contributed by atoms with Gasteiger partial charge in [-0.25, -0.2) is 15.0 Å². The summed E-state index contributed by atoms with van der Waals surface area (Å²) < 4.78 is 5.83. The van der Waals surface area contributed by atoms with Gasteiger partial charge in [0.2, 0.25) is 5.95 Å². The minimum Gasteiger partial charge on any atom is -0.373 e. The van der Waals surface area contributed by atoms with Gasteiger partial charge in [-0.2, -0.15) is 0 Å². The van der Waals surface area contributed by atoms with Crippen LogP contribution in [0.5, 0.6) is 0 Å². The van der Waals surface area contributed by atoms with E-state index in [2.05, 4.69) is 25.2 Å². The number of anilines is 2. The third kappa shape index (κ3) is 2.70. The van der Waals surface area contributed by atoms with E-state index in [1.54, 1.807) is 12.4 Å².